The highest BCUT2D eigenvalue weighted by Gasteiger charge is 2.13. The van der Waals surface area contributed by atoms with Crippen molar-refractivity contribution in [1.82, 2.24) is 24.3 Å². The fourth-order valence-corrected chi connectivity index (χ4v) is 1.85. The van der Waals surface area contributed by atoms with E-state index in [0.29, 0.717) is 17.5 Å². The number of hydrogen-bond acceptors (Lipinski definition) is 5. The number of aryl methyl sites for hydroxylation is 1. The maximum Gasteiger partial charge on any atom is 0.215 e. The van der Waals surface area contributed by atoms with Gasteiger partial charge >= 0.3 is 0 Å². The summed E-state index contributed by atoms with van der Waals surface area (Å²) >= 11 is 0. The van der Waals surface area contributed by atoms with Crippen LogP contribution >= 0.6 is 0 Å². The molecule has 0 fully saturated rings. The van der Waals surface area contributed by atoms with Crippen LogP contribution in [-0.4, -0.2) is 31.4 Å². The molecule has 0 aliphatic carbocycles. The van der Waals surface area contributed by atoms with Gasteiger partial charge in [0.1, 0.15) is 5.52 Å². The van der Waals surface area contributed by atoms with Crippen LogP contribution < -0.4 is 10.5 Å². The van der Waals surface area contributed by atoms with Crippen LogP contribution in [0.4, 0.5) is 5.95 Å². The van der Waals surface area contributed by atoms with Gasteiger partial charge in [-0.15, -0.1) is 0 Å². The van der Waals surface area contributed by atoms with Gasteiger partial charge in [0.2, 0.25) is 11.8 Å². The van der Waals surface area contributed by atoms with Crippen molar-refractivity contribution in [2.75, 3.05) is 12.8 Å². The average molecular weight is 244 g/mol. The zero-order chi connectivity index (χ0) is 12.7. The number of nitrogen functional groups attached to an aromatic ring is 1. The molecule has 0 amide bonds. The average Bonchev–Trinajstić information content (AvgIpc) is 2.90. The number of nitrogens with zero attached hydrogens (tertiary/aromatic N) is 5. The lowest BCUT2D eigenvalue weighted by Crippen LogP contribution is -2.00. The normalized spacial score (nSPS) is 11.0. The summed E-state index contributed by atoms with van der Waals surface area (Å²) in [5.74, 6) is 0.895. The molecule has 7 heteroatoms. The molecule has 0 aliphatic heterocycles. The topological polar surface area (TPSA) is 83.8 Å². The molecule has 3 rings (SSSR count). The maximum atomic E-state index is 5.92. The first-order valence-corrected chi connectivity index (χ1v) is 5.37. The van der Waals surface area contributed by atoms with Crippen molar-refractivity contribution in [3.8, 4) is 11.6 Å². The number of fused-ring (bicyclic) bond motifs is 1. The Kier molecular flexibility index (Phi) is 2.19. The second kappa shape index (κ2) is 3.73. The number of pyridine rings is 1. The number of ether oxygens (including phenoxy) is 1. The van der Waals surface area contributed by atoms with E-state index < -0.39 is 0 Å². The summed E-state index contributed by atoms with van der Waals surface area (Å²) in [6.45, 7) is 0. The third kappa shape index (κ3) is 1.48. The van der Waals surface area contributed by atoms with Crippen LogP contribution in [0, 0.1) is 0 Å². The van der Waals surface area contributed by atoms with Gasteiger partial charge in [-0.05, 0) is 6.07 Å². The molecule has 0 aliphatic rings. The molecule has 3 aromatic rings. The molecule has 7 nitrogen and oxygen atoms in total. The van der Waals surface area contributed by atoms with E-state index in [1.54, 1.807) is 28.6 Å². The van der Waals surface area contributed by atoms with Crippen molar-refractivity contribution in [2.24, 2.45) is 7.05 Å². The Balaban J connectivity index is 2.29. The lowest BCUT2D eigenvalue weighted by atomic mass is 10.4. The van der Waals surface area contributed by atoms with E-state index in [-0.39, 0.29) is 0 Å². The lowest BCUT2D eigenvalue weighted by Gasteiger charge is -2.02. The van der Waals surface area contributed by atoms with Gasteiger partial charge in [0.05, 0.1) is 19.0 Å². The van der Waals surface area contributed by atoms with Crippen LogP contribution in [0.3, 0.4) is 0 Å². The summed E-state index contributed by atoms with van der Waals surface area (Å²) in [6, 6.07) is 3.58. The number of nitrogens with two attached hydrogens (primary N) is 1. The summed E-state index contributed by atoms with van der Waals surface area (Å²) in [4.78, 5) is 8.62. The third-order valence-electron chi connectivity index (χ3n) is 2.66. The monoisotopic (exact) mass is 244 g/mol. The van der Waals surface area contributed by atoms with Crippen LogP contribution in [-0.2, 0) is 7.05 Å². The summed E-state index contributed by atoms with van der Waals surface area (Å²) in [7, 11) is 3.41. The van der Waals surface area contributed by atoms with Crippen LogP contribution in [0.25, 0.3) is 16.9 Å². The van der Waals surface area contributed by atoms with Crippen molar-refractivity contribution in [3.05, 3.63) is 24.5 Å². The van der Waals surface area contributed by atoms with E-state index in [2.05, 4.69) is 15.1 Å². The Morgan fingerprint density at radius 1 is 1.28 bits per heavy atom. The highest BCUT2D eigenvalue weighted by Crippen LogP contribution is 2.23. The van der Waals surface area contributed by atoms with Crippen molar-refractivity contribution in [3.63, 3.8) is 0 Å². The van der Waals surface area contributed by atoms with Gasteiger partial charge in [-0.1, -0.05) is 0 Å². The summed E-state index contributed by atoms with van der Waals surface area (Å²) in [6.07, 6.45) is 3.55. The molecule has 18 heavy (non-hydrogen) atoms. The highest BCUT2D eigenvalue weighted by atomic mass is 16.5. The molecule has 0 atom stereocenters. The van der Waals surface area contributed by atoms with E-state index in [4.69, 9.17) is 10.5 Å². The predicted molar refractivity (Wildman–Crippen MR) is 66.6 cm³/mol. The van der Waals surface area contributed by atoms with Crippen LogP contribution in [0.15, 0.2) is 24.5 Å². The Hall–Kier alpha value is -2.57. The number of rotatable bonds is 2. The Morgan fingerprint density at radius 2 is 2.11 bits per heavy atom. The standard InChI is InChI=1S/C11H12N6O/c1-16-6-7(5-13-16)17-10-8(14-11(17)12)3-4-9(15-10)18-2/h3-6H,1-2H3,(H2,12,14). The first-order chi connectivity index (χ1) is 8.69. The maximum absolute atomic E-state index is 5.92. The fourth-order valence-electron chi connectivity index (χ4n) is 1.85. The molecular weight excluding hydrogens is 232 g/mol. The molecule has 0 unspecified atom stereocenters. The Bertz CT molecular complexity index is 713. The van der Waals surface area contributed by atoms with E-state index in [0.717, 1.165) is 11.2 Å². The molecule has 2 N–H and O–H groups in total. The second-order valence-corrected chi connectivity index (χ2v) is 3.87. The number of hydrogen-bond donors (Lipinski definition) is 1. The van der Waals surface area contributed by atoms with Crippen molar-refractivity contribution < 1.29 is 4.74 Å². The summed E-state index contributed by atoms with van der Waals surface area (Å²) < 4.78 is 8.55. The lowest BCUT2D eigenvalue weighted by molar-refractivity contribution is 0.399. The highest BCUT2D eigenvalue weighted by molar-refractivity contribution is 5.77. The minimum atomic E-state index is 0.374. The van der Waals surface area contributed by atoms with Gasteiger partial charge in [0.15, 0.2) is 5.65 Å². The van der Waals surface area contributed by atoms with E-state index in [1.807, 2.05) is 19.3 Å². The molecule has 3 aromatic heterocycles. The van der Waals surface area contributed by atoms with E-state index in [1.165, 1.54) is 0 Å². The molecular formula is C11H12N6O. The smallest absolute Gasteiger partial charge is 0.215 e. The van der Waals surface area contributed by atoms with Gasteiger partial charge in [-0.2, -0.15) is 10.1 Å². The number of imidazole rings is 1. The van der Waals surface area contributed by atoms with Crippen LogP contribution in [0.1, 0.15) is 0 Å². The van der Waals surface area contributed by atoms with Crippen LogP contribution in [0.2, 0.25) is 0 Å². The molecule has 3 heterocycles. The fraction of sp³-hybridized carbons (Fsp3) is 0.182. The number of anilines is 1. The predicted octanol–water partition coefficient (Wildman–Crippen LogP) is 0.745. The van der Waals surface area contributed by atoms with Gasteiger partial charge < -0.3 is 10.5 Å². The molecule has 0 aromatic carbocycles. The number of methoxy groups -OCH3 is 1. The minimum Gasteiger partial charge on any atom is -0.481 e. The molecule has 0 bridgehead atoms. The van der Waals surface area contributed by atoms with Gasteiger partial charge in [-0.25, -0.2) is 4.98 Å². The minimum absolute atomic E-state index is 0.374. The molecule has 0 radical (unpaired) electrons. The molecule has 0 saturated heterocycles. The van der Waals surface area contributed by atoms with Crippen molar-refractivity contribution in [2.45, 2.75) is 0 Å². The zero-order valence-corrected chi connectivity index (χ0v) is 10.0. The quantitative estimate of drug-likeness (QED) is 0.719. The Labute approximate surface area is 103 Å². The largest absolute Gasteiger partial charge is 0.481 e. The molecule has 0 spiro atoms. The zero-order valence-electron chi connectivity index (χ0n) is 10.0. The SMILES string of the molecule is COc1ccc2nc(N)n(-c3cnn(C)c3)c2n1. The summed E-state index contributed by atoms with van der Waals surface area (Å²) in [5.41, 5.74) is 8.11. The first kappa shape index (κ1) is 10.6. The van der Waals surface area contributed by atoms with E-state index >= 15 is 0 Å². The van der Waals surface area contributed by atoms with Gasteiger partial charge in [0.25, 0.3) is 0 Å². The van der Waals surface area contributed by atoms with E-state index in [9.17, 15) is 0 Å². The first-order valence-electron chi connectivity index (χ1n) is 5.37. The van der Waals surface area contributed by atoms with Crippen molar-refractivity contribution >= 4 is 17.1 Å². The second-order valence-electron chi connectivity index (χ2n) is 3.87. The Morgan fingerprint density at radius 3 is 2.78 bits per heavy atom. The third-order valence-corrected chi connectivity index (χ3v) is 2.66. The van der Waals surface area contributed by atoms with Gasteiger partial charge in [-0.3, -0.25) is 9.25 Å². The van der Waals surface area contributed by atoms with Gasteiger partial charge in [0, 0.05) is 19.3 Å². The number of aromatic nitrogens is 5. The van der Waals surface area contributed by atoms with Crippen LogP contribution in [0.5, 0.6) is 5.88 Å². The molecule has 92 valence electrons. The molecule has 0 saturated carbocycles. The summed E-state index contributed by atoms with van der Waals surface area (Å²) in [5, 5.41) is 4.12. The van der Waals surface area contributed by atoms with Crippen molar-refractivity contribution in [1.29, 1.82) is 0 Å².